The lowest BCUT2D eigenvalue weighted by molar-refractivity contribution is -0.117. The van der Waals surface area contributed by atoms with Crippen LogP contribution in [0.1, 0.15) is 124 Å². The fraction of sp³-hybridized carbons (Fsp3) is 0.518. The third-order valence-corrected chi connectivity index (χ3v) is 12.2. The number of hydrogen-bond acceptors (Lipinski definition) is 10. The molecule has 68 heavy (non-hydrogen) atoms. The van der Waals surface area contributed by atoms with E-state index in [0.717, 1.165) is 41.7 Å². The van der Waals surface area contributed by atoms with Gasteiger partial charge in [0.05, 0.1) is 36.6 Å². The first-order valence-corrected chi connectivity index (χ1v) is 25.8. The van der Waals surface area contributed by atoms with Gasteiger partial charge in [-0.2, -0.15) is 8.42 Å². The zero-order chi connectivity index (χ0) is 50.3. The maximum absolute atomic E-state index is 10.6. The molecular formula is C56H80N2O9S. The Morgan fingerprint density at radius 3 is 1.59 bits per heavy atom. The molecule has 4 aromatic carbocycles. The monoisotopic (exact) mass is 957 g/mol. The molecular weight excluding hydrogens is 877 g/mol. The molecule has 12 heteroatoms. The number of carbonyl (C=O) groups excluding carboxylic acids is 1. The maximum Gasteiger partial charge on any atom is 0.264 e. The van der Waals surface area contributed by atoms with Gasteiger partial charge in [0, 0.05) is 36.7 Å². The Labute approximate surface area is 408 Å². The largest absolute Gasteiger partial charge is 0.493 e. The lowest BCUT2D eigenvalue weighted by Crippen LogP contribution is -2.39. The van der Waals surface area contributed by atoms with E-state index in [0.29, 0.717) is 18.8 Å². The molecule has 2 aliphatic carbocycles. The Bertz CT molecular complexity index is 2240. The molecule has 1 saturated carbocycles. The summed E-state index contributed by atoms with van der Waals surface area (Å²) in [5, 5.41) is 22.6. The molecule has 0 bridgehead atoms. The van der Waals surface area contributed by atoms with Crippen LogP contribution >= 0.6 is 0 Å². The van der Waals surface area contributed by atoms with E-state index in [1.54, 1.807) is 20.8 Å². The summed E-state index contributed by atoms with van der Waals surface area (Å²) in [5.74, 6) is 1.46. The van der Waals surface area contributed by atoms with Gasteiger partial charge in [0.2, 0.25) is 5.91 Å². The van der Waals surface area contributed by atoms with Crippen LogP contribution in [0.4, 0.5) is 0 Å². The second kappa shape index (κ2) is 24.8. The normalized spacial score (nSPS) is 16.4. The molecule has 3 N–H and O–H groups in total. The molecule has 1 heterocycles. The van der Waals surface area contributed by atoms with Crippen LogP contribution in [-0.4, -0.2) is 104 Å². The fourth-order valence-corrected chi connectivity index (χ4v) is 9.14. The number of hydrogen-bond donors (Lipinski definition) is 3. The minimum Gasteiger partial charge on any atom is -0.493 e. The Morgan fingerprint density at radius 1 is 0.765 bits per heavy atom. The van der Waals surface area contributed by atoms with E-state index in [1.807, 2.05) is 52.0 Å². The van der Waals surface area contributed by atoms with Crippen molar-refractivity contribution in [2.24, 2.45) is 5.92 Å². The predicted octanol–water partition coefficient (Wildman–Crippen LogP) is 10.1. The van der Waals surface area contributed by atoms with Crippen LogP contribution in [0.15, 0.2) is 110 Å². The Hall–Kier alpha value is -4.56. The van der Waals surface area contributed by atoms with Gasteiger partial charge in [-0.25, -0.2) is 0 Å². The number of nitrogens with zero attached hydrogens (tertiary/aromatic N) is 1. The minimum atomic E-state index is -3.28. The lowest BCUT2D eigenvalue weighted by Gasteiger charge is -2.34. The highest BCUT2D eigenvalue weighted by Crippen LogP contribution is 2.56. The van der Waals surface area contributed by atoms with Gasteiger partial charge in [-0.15, -0.1) is 0 Å². The van der Waals surface area contributed by atoms with E-state index in [2.05, 4.69) is 115 Å². The number of rotatable bonds is 14. The first-order valence-electron chi connectivity index (χ1n) is 24.0. The van der Waals surface area contributed by atoms with Crippen molar-refractivity contribution >= 4 is 16.0 Å². The van der Waals surface area contributed by atoms with E-state index >= 15 is 0 Å². The molecule has 0 radical (unpaired) electrons. The van der Waals surface area contributed by atoms with Crippen LogP contribution in [0.25, 0.3) is 11.1 Å². The van der Waals surface area contributed by atoms with Crippen molar-refractivity contribution in [2.75, 3.05) is 45.8 Å². The van der Waals surface area contributed by atoms with Gasteiger partial charge in [0.1, 0.15) is 24.2 Å². The quantitative estimate of drug-likeness (QED) is 0.0559. The van der Waals surface area contributed by atoms with E-state index in [1.165, 1.54) is 60.7 Å². The van der Waals surface area contributed by atoms with Crippen molar-refractivity contribution in [1.29, 1.82) is 0 Å². The number of nitrogens with one attached hydrogen (secondary N) is 1. The fourth-order valence-electron chi connectivity index (χ4n) is 8.23. The van der Waals surface area contributed by atoms with Gasteiger partial charge in [0.15, 0.2) is 0 Å². The maximum atomic E-state index is 10.6. The molecule has 2 fully saturated rings. The van der Waals surface area contributed by atoms with Crippen molar-refractivity contribution in [2.45, 2.75) is 136 Å². The number of fused-ring (bicyclic) bond motifs is 3. The van der Waals surface area contributed by atoms with Crippen molar-refractivity contribution in [1.82, 2.24) is 10.2 Å². The highest BCUT2D eigenvalue weighted by Gasteiger charge is 2.46. The summed E-state index contributed by atoms with van der Waals surface area (Å²) in [6, 6.07) is 34.0. The van der Waals surface area contributed by atoms with Crippen LogP contribution in [-0.2, 0) is 29.2 Å². The number of aliphatic hydroxyl groups is 2. The smallest absolute Gasteiger partial charge is 0.264 e. The zero-order valence-corrected chi connectivity index (χ0v) is 43.5. The summed E-state index contributed by atoms with van der Waals surface area (Å²) < 4.78 is 43.4. The SMILES string of the molecule is C=CC(=O)NC(C)(C)C.CC(C)(C)N1CC1.CC(C)(C)OS(C)(=O)=O.CC(CO)COc1ccc(C2(c3ccc(OCC(O)COC4CCCCC4)cc3)c3ccccc3-c3ccccc32)cc1. The molecule has 11 nitrogen and oxygen atoms in total. The predicted molar refractivity (Wildman–Crippen MR) is 275 cm³/mol. The molecule has 4 aromatic rings. The summed E-state index contributed by atoms with van der Waals surface area (Å²) in [6.07, 6.45) is 7.78. The van der Waals surface area contributed by atoms with Crippen molar-refractivity contribution in [3.63, 3.8) is 0 Å². The van der Waals surface area contributed by atoms with Crippen LogP contribution in [0, 0.1) is 5.92 Å². The number of amides is 1. The average molecular weight is 957 g/mol. The first-order chi connectivity index (χ1) is 31.9. The second-order valence-corrected chi connectivity index (χ2v) is 22.6. The molecule has 1 amide bonds. The van der Waals surface area contributed by atoms with Gasteiger partial charge in [-0.3, -0.25) is 13.9 Å². The summed E-state index contributed by atoms with van der Waals surface area (Å²) >= 11 is 0. The third kappa shape index (κ3) is 17.8. The lowest BCUT2D eigenvalue weighted by atomic mass is 9.68. The second-order valence-electron chi connectivity index (χ2n) is 21.0. The van der Waals surface area contributed by atoms with Gasteiger partial charge in [-0.1, -0.05) is 106 Å². The number of benzene rings is 4. The van der Waals surface area contributed by atoms with Gasteiger partial charge < -0.3 is 29.7 Å². The number of aliphatic hydroxyl groups excluding tert-OH is 2. The molecule has 0 aromatic heterocycles. The van der Waals surface area contributed by atoms with Crippen molar-refractivity contribution in [3.8, 4) is 22.6 Å². The standard InChI is InChI=1S/C38H42O5.C7H13NO.C6H13N.C5H12O3S/c1-27(23-39)24-41-32-19-15-28(16-20-32)38(36-13-7-5-11-34(36)35-12-6-8-14-37(35)38)29-17-21-33(22-18-29)43-26-30(40)25-42-31-9-3-2-4-10-31;1-5-6(9)8-7(2,3)4;1-6(2,3)7-4-5-7;1-5(2,3)8-9(4,6)7/h5-8,11-22,27,30-31,39-40H,2-4,9-10,23-26H2,1H3;5H,1H2,2-4H3,(H,8,9);4-5H2,1-3H3;1-4H3. The average Bonchev–Trinajstić information content (AvgIpc) is 4.11. The highest BCUT2D eigenvalue weighted by atomic mass is 32.2. The number of carbonyl (C=O) groups is 1. The van der Waals surface area contributed by atoms with Crippen LogP contribution in [0.5, 0.6) is 11.5 Å². The molecule has 374 valence electrons. The zero-order valence-electron chi connectivity index (χ0n) is 42.6. The summed E-state index contributed by atoms with van der Waals surface area (Å²) in [6.45, 7) is 26.6. The molecule has 2 atom stereocenters. The van der Waals surface area contributed by atoms with Crippen molar-refractivity contribution in [3.05, 3.63) is 132 Å². The third-order valence-electron chi connectivity index (χ3n) is 11.4. The first kappa shape index (κ1) is 56.0. The molecule has 1 saturated heterocycles. The van der Waals surface area contributed by atoms with E-state index in [9.17, 15) is 23.4 Å². The molecule has 1 aliphatic heterocycles. The molecule has 0 spiro atoms. The Morgan fingerprint density at radius 2 is 1.24 bits per heavy atom. The van der Waals surface area contributed by atoms with Crippen LogP contribution in [0.3, 0.4) is 0 Å². The van der Waals surface area contributed by atoms with Crippen LogP contribution in [0.2, 0.25) is 0 Å². The van der Waals surface area contributed by atoms with E-state index in [4.69, 9.17) is 14.2 Å². The minimum absolute atomic E-state index is 0.0749. The summed E-state index contributed by atoms with van der Waals surface area (Å²) in [5.41, 5.74) is 6.41. The molecule has 7 rings (SSSR count). The summed E-state index contributed by atoms with van der Waals surface area (Å²) in [7, 11) is -3.28. The van der Waals surface area contributed by atoms with Gasteiger partial charge in [0.25, 0.3) is 10.1 Å². The van der Waals surface area contributed by atoms with E-state index in [-0.39, 0.29) is 36.7 Å². The van der Waals surface area contributed by atoms with Gasteiger partial charge in [-0.05, 0) is 139 Å². The van der Waals surface area contributed by atoms with Gasteiger partial charge >= 0.3 is 0 Å². The van der Waals surface area contributed by atoms with Crippen LogP contribution < -0.4 is 14.8 Å². The Kier molecular flexibility index (Phi) is 20.5. The van der Waals surface area contributed by atoms with E-state index < -0.39 is 27.2 Å². The Balaban J connectivity index is 0.000000327. The topological polar surface area (TPSA) is 144 Å². The molecule has 2 unspecified atom stereocenters. The highest BCUT2D eigenvalue weighted by molar-refractivity contribution is 7.86. The summed E-state index contributed by atoms with van der Waals surface area (Å²) in [4.78, 5) is 13.0. The number of ether oxygens (including phenoxy) is 3. The van der Waals surface area contributed by atoms with Crippen molar-refractivity contribution < 1.29 is 41.8 Å². The molecule has 3 aliphatic rings.